The average molecular weight is 432 g/mol. The van der Waals surface area contributed by atoms with Crippen LogP contribution in [0.4, 0.5) is 16.0 Å². The molecule has 1 fully saturated rings. The highest BCUT2D eigenvalue weighted by atomic mass is 32.2. The normalized spacial score (nSPS) is 13.5. The van der Waals surface area contributed by atoms with Gasteiger partial charge in [0.1, 0.15) is 0 Å². The highest BCUT2D eigenvalue weighted by Gasteiger charge is 2.23. The molecular formula is C19H21N5OS3. The van der Waals surface area contributed by atoms with Crippen molar-refractivity contribution < 1.29 is 4.79 Å². The van der Waals surface area contributed by atoms with E-state index in [0.717, 1.165) is 32.0 Å². The van der Waals surface area contributed by atoms with E-state index < -0.39 is 0 Å². The molecule has 0 spiro atoms. The molecule has 1 aromatic carbocycles. The number of aryl methyl sites for hydroxylation is 1. The van der Waals surface area contributed by atoms with Crippen LogP contribution in [0.1, 0.15) is 36.6 Å². The number of nitrogens with one attached hydrogen (secondary N) is 1. The third-order valence-electron chi connectivity index (χ3n) is 4.52. The standard InChI is InChI=1S/C19H21N5OS3/c1-11-5-4-6-16(12(11)2)24(13(3)25)18-21-15(9-26-18)10-27-19-23-22-17(28-19)20-14-7-8-14/h4-6,9,14H,7-8,10H2,1-3H3,(H,20,22). The predicted molar refractivity (Wildman–Crippen MR) is 117 cm³/mol. The Bertz CT molecular complexity index is 995. The van der Waals surface area contributed by atoms with E-state index >= 15 is 0 Å². The van der Waals surface area contributed by atoms with Gasteiger partial charge in [-0.25, -0.2) is 4.98 Å². The first-order chi connectivity index (χ1) is 13.5. The number of amides is 1. The van der Waals surface area contributed by atoms with Crippen molar-refractivity contribution in [1.82, 2.24) is 15.2 Å². The molecule has 1 saturated carbocycles. The van der Waals surface area contributed by atoms with Gasteiger partial charge >= 0.3 is 0 Å². The molecule has 28 heavy (non-hydrogen) atoms. The first kappa shape index (κ1) is 19.4. The molecule has 6 nitrogen and oxygen atoms in total. The van der Waals surface area contributed by atoms with Crippen LogP contribution in [0.3, 0.4) is 0 Å². The average Bonchev–Trinajstić information content (AvgIpc) is 3.16. The molecule has 0 radical (unpaired) electrons. The van der Waals surface area contributed by atoms with E-state index in [4.69, 9.17) is 4.98 Å². The third kappa shape index (κ3) is 4.37. The molecule has 1 N–H and O–H groups in total. The number of carbonyl (C=O) groups excluding carboxylic acids is 1. The van der Waals surface area contributed by atoms with Crippen LogP contribution in [0.5, 0.6) is 0 Å². The van der Waals surface area contributed by atoms with E-state index in [2.05, 4.69) is 28.5 Å². The van der Waals surface area contributed by atoms with Crippen molar-refractivity contribution >= 4 is 56.3 Å². The molecular weight excluding hydrogens is 410 g/mol. The Hall–Kier alpha value is -1.97. The lowest BCUT2D eigenvalue weighted by Crippen LogP contribution is -2.23. The highest BCUT2D eigenvalue weighted by Crippen LogP contribution is 2.35. The van der Waals surface area contributed by atoms with Gasteiger partial charge < -0.3 is 5.32 Å². The maximum absolute atomic E-state index is 12.4. The third-order valence-corrected chi connectivity index (χ3v) is 7.41. The SMILES string of the molecule is CC(=O)N(c1nc(CSc2nnc(NC3CC3)s2)cs1)c1cccc(C)c1C. The maximum Gasteiger partial charge on any atom is 0.230 e. The molecule has 2 aromatic heterocycles. The molecule has 0 unspecified atom stereocenters. The number of anilines is 3. The zero-order valence-corrected chi connectivity index (χ0v) is 18.4. The summed E-state index contributed by atoms with van der Waals surface area (Å²) >= 11 is 4.69. The Kier molecular flexibility index (Phi) is 5.65. The van der Waals surface area contributed by atoms with Crippen molar-refractivity contribution in [1.29, 1.82) is 0 Å². The number of nitrogens with zero attached hydrogens (tertiary/aromatic N) is 4. The Morgan fingerprint density at radius 2 is 2.14 bits per heavy atom. The Labute approximate surface area is 176 Å². The minimum atomic E-state index is -0.0397. The summed E-state index contributed by atoms with van der Waals surface area (Å²) < 4.78 is 0.927. The van der Waals surface area contributed by atoms with Crippen LogP contribution in [-0.2, 0) is 10.5 Å². The molecule has 0 atom stereocenters. The lowest BCUT2D eigenvalue weighted by Gasteiger charge is -2.21. The lowest BCUT2D eigenvalue weighted by atomic mass is 10.1. The molecule has 0 aliphatic heterocycles. The Morgan fingerprint density at radius 1 is 1.32 bits per heavy atom. The number of thioether (sulfide) groups is 1. The lowest BCUT2D eigenvalue weighted by molar-refractivity contribution is -0.115. The summed E-state index contributed by atoms with van der Waals surface area (Å²) in [5.74, 6) is 0.662. The van der Waals surface area contributed by atoms with Crippen molar-refractivity contribution in [2.75, 3.05) is 10.2 Å². The maximum atomic E-state index is 12.4. The number of hydrogen-bond acceptors (Lipinski definition) is 8. The molecule has 1 aliphatic carbocycles. The fourth-order valence-corrected chi connectivity index (χ4v) is 5.42. The van der Waals surface area contributed by atoms with E-state index in [0.29, 0.717) is 16.9 Å². The van der Waals surface area contributed by atoms with Gasteiger partial charge in [-0.1, -0.05) is 35.2 Å². The molecule has 2 heterocycles. The number of carbonyl (C=O) groups is 1. The minimum absolute atomic E-state index is 0.0397. The molecule has 0 bridgehead atoms. The van der Waals surface area contributed by atoms with Crippen molar-refractivity contribution in [3.8, 4) is 0 Å². The molecule has 146 valence electrons. The quantitative estimate of drug-likeness (QED) is 0.521. The molecule has 0 saturated heterocycles. The topological polar surface area (TPSA) is 71.0 Å². The van der Waals surface area contributed by atoms with E-state index in [9.17, 15) is 4.79 Å². The summed E-state index contributed by atoms with van der Waals surface area (Å²) in [6.07, 6.45) is 2.44. The Balaban J connectivity index is 1.46. The van der Waals surface area contributed by atoms with Crippen molar-refractivity contribution in [3.05, 3.63) is 40.4 Å². The number of aromatic nitrogens is 3. The molecule has 9 heteroatoms. The van der Waals surface area contributed by atoms with Gasteiger partial charge in [0.25, 0.3) is 0 Å². The van der Waals surface area contributed by atoms with Gasteiger partial charge in [-0.15, -0.1) is 21.5 Å². The van der Waals surface area contributed by atoms with Crippen LogP contribution in [0.25, 0.3) is 0 Å². The second kappa shape index (κ2) is 8.18. The van der Waals surface area contributed by atoms with E-state index in [1.165, 1.54) is 24.2 Å². The van der Waals surface area contributed by atoms with E-state index in [1.807, 2.05) is 24.4 Å². The molecule has 3 aromatic rings. The summed E-state index contributed by atoms with van der Waals surface area (Å²) in [5.41, 5.74) is 4.07. The first-order valence-corrected chi connectivity index (χ1v) is 11.7. The van der Waals surface area contributed by atoms with Crippen molar-refractivity contribution in [2.45, 2.75) is 49.7 Å². The summed E-state index contributed by atoms with van der Waals surface area (Å²) in [6.45, 7) is 5.66. The fourth-order valence-electron chi connectivity index (χ4n) is 2.71. The largest absolute Gasteiger partial charge is 0.357 e. The van der Waals surface area contributed by atoms with Crippen LogP contribution in [-0.4, -0.2) is 27.1 Å². The van der Waals surface area contributed by atoms with Gasteiger partial charge in [-0.3, -0.25) is 9.69 Å². The molecule has 4 rings (SSSR count). The second-order valence-corrected chi connectivity index (χ2v) is 9.81. The van der Waals surface area contributed by atoms with Gasteiger partial charge in [-0.05, 0) is 43.9 Å². The summed E-state index contributed by atoms with van der Waals surface area (Å²) in [4.78, 5) is 18.8. The van der Waals surface area contributed by atoms with Crippen LogP contribution in [0.2, 0.25) is 0 Å². The van der Waals surface area contributed by atoms with Crippen LogP contribution < -0.4 is 10.2 Å². The number of rotatable bonds is 7. The van der Waals surface area contributed by atoms with Gasteiger partial charge in [-0.2, -0.15) is 0 Å². The van der Waals surface area contributed by atoms with Gasteiger partial charge in [0.15, 0.2) is 9.47 Å². The summed E-state index contributed by atoms with van der Waals surface area (Å²) in [6, 6.07) is 6.57. The smallest absolute Gasteiger partial charge is 0.230 e. The molecule has 1 amide bonds. The summed E-state index contributed by atoms with van der Waals surface area (Å²) in [7, 11) is 0. The van der Waals surface area contributed by atoms with Crippen LogP contribution >= 0.6 is 34.4 Å². The fraction of sp³-hybridized carbons (Fsp3) is 0.368. The minimum Gasteiger partial charge on any atom is -0.357 e. The Morgan fingerprint density at radius 3 is 2.89 bits per heavy atom. The number of benzene rings is 1. The predicted octanol–water partition coefficient (Wildman–Crippen LogP) is 5.16. The number of hydrogen-bond donors (Lipinski definition) is 1. The van der Waals surface area contributed by atoms with Gasteiger partial charge in [0.05, 0.1) is 11.4 Å². The first-order valence-electron chi connectivity index (χ1n) is 9.05. The van der Waals surface area contributed by atoms with Gasteiger partial charge in [0, 0.05) is 24.1 Å². The highest BCUT2D eigenvalue weighted by molar-refractivity contribution is 8.00. The van der Waals surface area contributed by atoms with Crippen LogP contribution in [0, 0.1) is 13.8 Å². The van der Waals surface area contributed by atoms with Crippen molar-refractivity contribution in [3.63, 3.8) is 0 Å². The monoisotopic (exact) mass is 431 g/mol. The second-order valence-electron chi connectivity index (χ2n) is 6.78. The van der Waals surface area contributed by atoms with Gasteiger partial charge in [0.2, 0.25) is 11.0 Å². The number of thiazole rings is 1. The van der Waals surface area contributed by atoms with Crippen molar-refractivity contribution in [2.24, 2.45) is 0 Å². The zero-order valence-electron chi connectivity index (χ0n) is 15.9. The zero-order chi connectivity index (χ0) is 19.7. The molecule has 1 aliphatic rings. The van der Waals surface area contributed by atoms with E-state index in [1.54, 1.807) is 34.9 Å². The van der Waals surface area contributed by atoms with Crippen LogP contribution in [0.15, 0.2) is 27.9 Å². The summed E-state index contributed by atoms with van der Waals surface area (Å²) in [5, 5.41) is 15.4. The van der Waals surface area contributed by atoms with E-state index in [-0.39, 0.29) is 5.91 Å².